The molecule has 0 unspecified atom stereocenters. The molecule has 1 N–H and O–H groups in total. The van der Waals surface area contributed by atoms with E-state index >= 15 is 0 Å². The molecule has 0 aliphatic carbocycles. The van der Waals surface area contributed by atoms with E-state index in [0.29, 0.717) is 24.5 Å². The maximum absolute atomic E-state index is 12.9. The van der Waals surface area contributed by atoms with E-state index in [-0.39, 0.29) is 23.3 Å². The lowest BCUT2D eigenvalue weighted by molar-refractivity contribution is -0.118. The van der Waals surface area contributed by atoms with E-state index in [0.717, 1.165) is 36.8 Å². The molecule has 0 saturated carbocycles. The number of aryl methyl sites for hydroxylation is 1. The molecule has 6 nitrogen and oxygen atoms in total. The Kier molecular flexibility index (Phi) is 7.73. The molecule has 0 spiro atoms. The van der Waals surface area contributed by atoms with Crippen LogP contribution < -0.4 is 10.1 Å². The third-order valence-electron chi connectivity index (χ3n) is 5.49. The first kappa shape index (κ1) is 23.3. The fourth-order valence-corrected chi connectivity index (χ4v) is 5.24. The fourth-order valence-electron chi connectivity index (χ4n) is 3.73. The zero-order valence-corrected chi connectivity index (χ0v) is 19.4. The second kappa shape index (κ2) is 10.3. The second-order valence-corrected chi connectivity index (χ2v) is 10.3. The molecule has 0 atom stereocenters. The van der Waals surface area contributed by atoms with Gasteiger partial charge in [-0.05, 0) is 67.1 Å². The van der Waals surface area contributed by atoms with Gasteiger partial charge in [0.05, 0.1) is 4.90 Å². The van der Waals surface area contributed by atoms with Crippen LogP contribution in [0, 0.1) is 6.92 Å². The Bertz CT molecular complexity index is 993. The van der Waals surface area contributed by atoms with Crippen LogP contribution in [0.25, 0.3) is 0 Å². The van der Waals surface area contributed by atoms with Gasteiger partial charge in [-0.15, -0.1) is 0 Å². The molecular weight excluding hydrogens is 412 g/mol. The van der Waals surface area contributed by atoms with Crippen molar-refractivity contribution in [3.63, 3.8) is 0 Å². The van der Waals surface area contributed by atoms with Gasteiger partial charge in [0.2, 0.25) is 10.0 Å². The van der Waals surface area contributed by atoms with Gasteiger partial charge in [-0.25, -0.2) is 8.42 Å². The summed E-state index contributed by atoms with van der Waals surface area (Å²) in [6.45, 7) is 7.16. The van der Waals surface area contributed by atoms with Gasteiger partial charge in [-0.1, -0.05) is 38.8 Å². The van der Waals surface area contributed by atoms with Crippen LogP contribution in [0.15, 0.2) is 47.4 Å². The van der Waals surface area contributed by atoms with E-state index in [1.165, 1.54) is 0 Å². The van der Waals surface area contributed by atoms with Crippen molar-refractivity contribution in [2.24, 2.45) is 0 Å². The van der Waals surface area contributed by atoms with Crippen molar-refractivity contribution in [3.05, 3.63) is 53.6 Å². The normalized spacial score (nSPS) is 15.5. The number of rotatable bonds is 7. The molecule has 2 aromatic carbocycles. The molecule has 2 aromatic rings. The predicted octanol–water partition coefficient (Wildman–Crippen LogP) is 4.70. The summed E-state index contributed by atoms with van der Waals surface area (Å²) in [6.07, 6.45) is 3.93. The molecule has 1 aliphatic heterocycles. The summed E-state index contributed by atoms with van der Waals surface area (Å²) < 4.78 is 33.1. The van der Waals surface area contributed by atoms with Crippen LogP contribution in [0.5, 0.6) is 5.75 Å². The highest BCUT2D eigenvalue weighted by atomic mass is 32.2. The van der Waals surface area contributed by atoms with Crippen molar-refractivity contribution >= 4 is 21.6 Å². The molecule has 1 saturated heterocycles. The molecule has 0 aromatic heterocycles. The minimum atomic E-state index is -3.50. The second-order valence-electron chi connectivity index (χ2n) is 8.38. The first-order chi connectivity index (χ1) is 14.8. The number of ether oxygens (including phenoxy) is 1. The molecule has 31 heavy (non-hydrogen) atoms. The van der Waals surface area contributed by atoms with E-state index < -0.39 is 10.0 Å². The third-order valence-corrected chi connectivity index (χ3v) is 7.40. The average Bonchev–Trinajstić information content (AvgIpc) is 3.03. The molecule has 3 rings (SSSR count). The average molecular weight is 445 g/mol. The van der Waals surface area contributed by atoms with Gasteiger partial charge < -0.3 is 10.1 Å². The summed E-state index contributed by atoms with van der Waals surface area (Å²) in [4.78, 5) is 12.6. The Balaban J connectivity index is 1.61. The van der Waals surface area contributed by atoms with E-state index in [2.05, 4.69) is 19.2 Å². The molecule has 1 aliphatic rings. The van der Waals surface area contributed by atoms with E-state index in [9.17, 15) is 13.2 Å². The van der Waals surface area contributed by atoms with Gasteiger partial charge in [0.1, 0.15) is 5.75 Å². The number of benzene rings is 2. The number of carbonyl (C=O) groups excluding carboxylic acids is 1. The molecule has 7 heteroatoms. The zero-order chi connectivity index (χ0) is 22.4. The van der Waals surface area contributed by atoms with Crippen LogP contribution >= 0.6 is 0 Å². The van der Waals surface area contributed by atoms with Crippen LogP contribution in [0.2, 0.25) is 0 Å². The van der Waals surface area contributed by atoms with Crippen LogP contribution in [-0.2, 0) is 14.8 Å². The lowest BCUT2D eigenvalue weighted by Gasteiger charge is -2.20. The Morgan fingerprint density at radius 1 is 1.03 bits per heavy atom. The molecular formula is C24H32N2O4S. The number of nitrogens with zero attached hydrogens (tertiary/aromatic N) is 1. The summed E-state index contributed by atoms with van der Waals surface area (Å²) in [5.74, 6) is 0.709. The highest BCUT2D eigenvalue weighted by molar-refractivity contribution is 7.89. The lowest BCUT2D eigenvalue weighted by Crippen LogP contribution is -2.31. The first-order valence-electron chi connectivity index (χ1n) is 10.9. The standard InChI is InChI=1S/C24H32N2O4S/c1-18(2)22-13-8-19(3)16-23(22)30-17-24(27)25-20-9-11-21(12-10-20)31(28,29)26-14-6-4-5-7-15-26/h8-13,16,18H,4-7,14-15,17H2,1-3H3,(H,25,27). The van der Waals surface area contributed by atoms with Crippen molar-refractivity contribution in [1.29, 1.82) is 0 Å². The molecule has 1 fully saturated rings. The van der Waals surface area contributed by atoms with Crippen molar-refractivity contribution < 1.29 is 17.9 Å². The minimum Gasteiger partial charge on any atom is -0.483 e. The maximum atomic E-state index is 12.9. The summed E-state index contributed by atoms with van der Waals surface area (Å²) in [5.41, 5.74) is 2.67. The van der Waals surface area contributed by atoms with Gasteiger partial charge >= 0.3 is 0 Å². The van der Waals surface area contributed by atoms with Crippen molar-refractivity contribution in [2.45, 2.75) is 57.3 Å². The van der Waals surface area contributed by atoms with Gasteiger partial charge in [-0.3, -0.25) is 4.79 Å². The Morgan fingerprint density at radius 3 is 2.29 bits per heavy atom. The summed E-state index contributed by atoms with van der Waals surface area (Å²) in [6, 6.07) is 12.3. The number of nitrogens with one attached hydrogen (secondary N) is 1. The topological polar surface area (TPSA) is 75.7 Å². The summed E-state index contributed by atoms with van der Waals surface area (Å²) >= 11 is 0. The number of carbonyl (C=O) groups is 1. The quantitative estimate of drug-likeness (QED) is 0.672. The van der Waals surface area contributed by atoms with E-state index in [1.54, 1.807) is 28.6 Å². The molecule has 168 valence electrons. The van der Waals surface area contributed by atoms with Crippen molar-refractivity contribution in [3.8, 4) is 5.75 Å². The third kappa shape index (κ3) is 6.08. The van der Waals surface area contributed by atoms with Crippen LogP contribution in [0.4, 0.5) is 5.69 Å². The molecule has 0 radical (unpaired) electrons. The SMILES string of the molecule is Cc1ccc(C(C)C)c(OCC(=O)Nc2ccc(S(=O)(=O)N3CCCCCC3)cc2)c1. The number of hydrogen-bond acceptors (Lipinski definition) is 4. The maximum Gasteiger partial charge on any atom is 0.262 e. The van der Waals surface area contributed by atoms with Crippen molar-refractivity contribution in [1.82, 2.24) is 4.31 Å². The van der Waals surface area contributed by atoms with Gasteiger partial charge in [0.15, 0.2) is 6.61 Å². The Hall–Kier alpha value is -2.38. The Morgan fingerprint density at radius 2 is 1.68 bits per heavy atom. The predicted molar refractivity (Wildman–Crippen MR) is 123 cm³/mol. The lowest BCUT2D eigenvalue weighted by atomic mass is 10.0. The Labute approximate surface area is 185 Å². The van der Waals surface area contributed by atoms with E-state index in [1.807, 2.05) is 25.1 Å². The smallest absolute Gasteiger partial charge is 0.262 e. The van der Waals surface area contributed by atoms with Gasteiger partial charge in [0.25, 0.3) is 5.91 Å². The first-order valence-corrected chi connectivity index (χ1v) is 12.3. The summed E-state index contributed by atoms with van der Waals surface area (Å²) in [5, 5.41) is 2.77. The van der Waals surface area contributed by atoms with Crippen LogP contribution in [0.1, 0.15) is 56.6 Å². The molecule has 1 heterocycles. The molecule has 1 amide bonds. The highest BCUT2D eigenvalue weighted by Crippen LogP contribution is 2.27. The fraction of sp³-hybridized carbons (Fsp3) is 0.458. The van der Waals surface area contributed by atoms with Crippen LogP contribution in [-0.4, -0.2) is 38.3 Å². The number of sulfonamides is 1. The number of amides is 1. The number of hydrogen-bond donors (Lipinski definition) is 1. The van der Waals surface area contributed by atoms with Crippen molar-refractivity contribution in [2.75, 3.05) is 25.0 Å². The van der Waals surface area contributed by atoms with Gasteiger partial charge in [-0.2, -0.15) is 4.31 Å². The minimum absolute atomic E-state index is 0.114. The van der Waals surface area contributed by atoms with Gasteiger partial charge in [0, 0.05) is 18.8 Å². The largest absolute Gasteiger partial charge is 0.483 e. The van der Waals surface area contributed by atoms with E-state index in [4.69, 9.17) is 4.74 Å². The zero-order valence-electron chi connectivity index (χ0n) is 18.6. The summed E-state index contributed by atoms with van der Waals surface area (Å²) in [7, 11) is -3.50. The number of anilines is 1. The monoisotopic (exact) mass is 444 g/mol. The molecule has 0 bridgehead atoms. The van der Waals surface area contributed by atoms with Crippen LogP contribution in [0.3, 0.4) is 0 Å². The highest BCUT2D eigenvalue weighted by Gasteiger charge is 2.25.